The fourth-order valence-electron chi connectivity index (χ4n) is 1.90. The van der Waals surface area contributed by atoms with Crippen LogP contribution in [0.25, 0.3) is 0 Å². The Morgan fingerprint density at radius 3 is 2.65 bits per heavy atom. The summed E-state index contributed by atoms with van der Waals surface area (Å²) in [6, 6.07) is 2.96. The van der Waals surface area contributed by atoms with Gasteiger partial charge in [-0.25, -0.2) is 4.39 Å². The molecule has 0 aliphatic carbocycles. The van der Waals surface area contributed by atoms with E-state index < -0.39 is 5.82 Å². The van der Waals surface area contributed by atoms with Crippen LogP contribution in [0.15, 0.2) is 12.1 Å². The molecule has 0 aromatic heterocycles. The molecule has 1 aromatic carbocycles. The highest BCUT2D eigenvalue weighted by Crippen LogP contribution is 2.33. The van der Waals surface area contributed by atoms with Gasteiger partial charge in [0, 0.05) is 24.7 Å². The molecule has 1 saturated heterocycles. The first-order valence-electron chi connectivity index (χ1n) is 5.50. The van der Waals surface area contributed by atoms with Crippen LogP contribution >= 0.6 is 0 Å². The van der Waals surface area contributed by atoms with Crippen molar-refractivity contribution in [2.45, 2.75) is 6.10 Å². The number of methoxy groups -OCH3 is 2. The van der Waals surface area contributed by atoms with E-state index in [1.165, 1.54) is 20.3 Å². The molecule has 1 aromatic rings. The van der Waals surface area contributed by atoms with Crippen molar-refractivity contribution in [3.63, 3.8) is 0 Å². The monoisotopic (exact) mass is 241 g/mol. The molecule has 1 aliphatic heterocycles. The summed E-state index contributed by atoms with van der Waals surface area (Å²) in [5, 5.41) is 3.22. The van der Waals surface area contributed by atoms with Gasteiger partial charge in [-0.05, 0) is 6.07 Å². The van der Waals surface area contributed by atoms with Gasteiger partial charge in [0.2, 0.25) is 0 Å². The normalized spacial score (nSPS) is 20.1. The van der Waals surface area contributed by atoms with Crippen LogP contribution in [0.3, 0.4) is 0 Å². The van der Waals surface area contributed by atoms with E-state index in [2.05, 4.69) is 5.32 Å². The third kappa shape index (κ3) is 2.50. The molecule has 1 N–H and O–H groups in total. The van der Waals surface area contributed by atoms with Crippen LogP contribution < -0.4 is 14.8 Å². The molecule has 1 aliphatic rings. The fourth-order valence-corrected chi connectivity index (χ4v) is 1.90. The summed E-state index contributed by atoms with van der Waals surface area (Å²) in [6.45, 7) is 2.15. The second-order valence-corrected chi connectivity index (χ2v) is 3.79. The van der Waals surface area contributed by atoms with Gasteiger partial charge in [-0.15, -0.1) is 0 Å². The van der Waals surface area contributed by atoms with Crippen molar-refractivity contribution < 1.29 is 18.6 Å². The Bertz CT molecular complexity index is 392. The maximum atomic E-state index is 13.5. The van der Waals surface area contributed by atoms with Crippen LogP contribution in [0, 0.1) is 5.82 Å². The van der Waals surface area contributed by atoms with E-state index in [9.17, 15) is 4.39 Å². The highest BCUT2D eigenvalue weighted by molar-refractivity contribution is 5.43. The highest BCUT2D eigenvalue weighted by atomic mass is 19.1. The Labute approximate surface area is 99.7 Å². The Kier molecular flexibility index (Phi) is 3.81. The third-order valence-corrected chi connectivity index (χ3v) is 2.78. The average molecular weight is 241 g/mol. The zero-order valence-corrected chi connectivity index (χ0v) is 9.96. The van der Waals surface area contributed by atoms with Crippen LogP contribution in [0.2, 0.25) is 0 Å². The van der Waals surface area contributed by atoms with Gasteiger partial charge in [0.05, 0.1) is 26.9 Å². The van der Waals surface area contributed by atoms with Crippen molar-refractivity contribution in [2.24, 2.45) is 0 Å². The number of halogens is 1. The number of ether oxygens (including phenoxy) is 3. The van der Waals surface area contributed by atoms with Crippen LogP contribution in [0.1, 0.15) is 11.7 Å². The van der Waals surface area contributed by atoms with Crippen molar-refractivity contribution >= 4 is 0 Å². The number of nitrogens with one attached hydrogen (secondary N) is 1. The number of rotatable bonds is 3. The summed E-state index contributed by atoms with van der Waals surface area (Å²) >= 11 is 0. The van der Waals surface area contributed by atoms with Gasteiger partial charge >= 0.3 is 0 Å². The van der Waals surface area contributed by atoms with Gasteiger partial charge in [0.15, 0.2) is 11.6 Å². The van der Waals surface area contributed by atoms with Crippen molar-refractivity contribution in [1.29, 1.82) is 0 Å². The Morgan fingerprint density at radius 1 is 1.29 bits per heavy atom. The van der Waals surface area contributed by atoms with E-state index in [0.717, 1.165) is 12.1 Å². The summed E-state index contributed by atoms with van der Waals surface area (Å²) in [4.78, 5) is 0. The van der Waals surface area contributed by atoms with Gasteiger partial charge < -0.3 is 19.5 Å². The van der Waals surface area contributed by atoms with Crippen LogP contribution in [0.5, 0.6) is 11.5 Å². The molecule has 0 spiro atoms. The van der Waals surface area contributed by atoms with Gasteiger partial charge in [0.25, 0.3) is 0 Å². The van der Waals surface area contributed by atoms with Crippen molar-refractivity contribution in [1.82, 2.24) is 5.32 Å². The van der Waals surface area contributed by atoms with Crippen LogP contribution in [-0.4, -0.2) is 33.9 Å². The Balaban J connectivity index is 2.35. The number of morpholine rings is 1. The van der Waals surface area contributed by atoms with Crippen LogP contribution in [-0.2, 0) is 4.74 Å². The highest BCUT2D eigenvalue weighted by Gasteiger charge is 2.22. The molecule has 1 heterocycles. The van der Waals surface area contributed by atoms with Gasteiger partial charge in [-0.1, -0.05) is 0 Å². The molecule has 94 valence electrons. The zero-order chi connectivity index (χ0) is 12.3. The van der Waals surface area contributed by atoms with Crippen LogP contribution in [0.4, 0.5) is 4.39 Å². The molecule has 0 amide bonds. The summed E-state index contributed by atoms with van der Waals surface area (Å²) in [5.41, 5.74) is 0.804. The van der Waals surface area contributed by atoms with E-state index in [0.29, 0.717) is 18.9 Å². The van der Waals surface area contributed by atoms with Crippen molar-refractivity contribution in [2.75, 3.05) is 33.9 Å². The second kappa shape index (κ2) is 5.33. The predicted molar refractivity (Wildman–Crippen MR) is 61.1 cm³/mol. The maximum Gasteiger partial charge on any atom is 0.168 e. The lowest BCUT2D eigenvalue weighted by Crippen LogP contribution is -2.33. The van der Waals surface area contributed by atoms with E-state index >= 15 is 0 Å². The molecule has 1 unspecified atom stereocenters. The Morgan fingerprint density at radius 2 is 2.06 bits per heavy atom. The molecule has 0 radical (unpaired) electrons. The lowest BCUT2D eigenvalue weighted by atomic mass is 10.1. The number of benzene rings is 1. The lowest BCUT2D eigenvalue weighted by molar-refractivity contribution is 0.0261. The minimum absolute atomic E-state index is 0.131. The molecular weight excluding hydrogens is 225 g/mol. The molecule has 5 heteroatoms. The van der Waals surface area contributed by atoms with Crippen molar-refractivity contribution in [3.8, 4) is 11.5 Å². The van der Waals surface area contributed by atoms with E-state index in [1.807, 2.05) is 0 Å². The topological polar surface area (TPSA) is 39.7 Å². The quantitative estimate of drug-likeness (QED) is 0.870. The molecule has 1 fully saturated rings. The fraction of sp³-hybridized carbons (Fsp3) is 0.500. The first-order chi connectivity index (χ1) is 8.26. The molecule has 1 atom stereocenters. The molecular formula is C12H16FNO3. The van der Waals surface area contributed by atoms with Crippen molar-refractivity contribution in [3.05, 3.63) is 23.5 Å². The van der Waals surface area contributed by atoms with E-state index in [1.54, 1.807) is 6.07 Å². The van der Waals surface area contributed by atoms with Gasteiger partial charge in [-0.2, -0.15) is 0 Å². The zero-order valence-electron chi connectivity index (χ0n) is 9.96. The minimum Gasteiger partial charge on any atom is -0.496 e. The number of hydrogen-bond donors (Lipinski definition) is 1. The average Bonchev–Trinajstić information content (AvgIpc) is 2.39. The summed E-state index contributed by atoms with van der Waals surface area (Å²) in [7, 11) is 2.95. The van der Waals surface area contributed by atoms with E-state index in [4.69, 9.17) is 14.2 Å². The predicted octanol–water partition coefficient (Wildman–Crippen LogP) is 1.50. The molecule has 4 nitrogen and oxygen atoms in total. The molecule has 0 saturated carbocycles. The summed E-state index contributed by atoms with van der Waals surface area (Å²) < 4.78 is 29.3. The molecule has 17 heavy (non-hydrogen) atoms. The summed E-state index contributed by atoms with van der Waals surface area (Å²) in [5.74, 6) is 0.254. The van der Waals surface area contributed by atoms with Gasteiger partial charge in [0.1, 0.15) is 5.75 Å². The second-order valence-electron chi connectivity index (χ2n) is 3.79. The molecule has 0 bridgehead atoms. The Hall–Kier alpha value is -1.33. The molecule has 2 rings (SSSR count). The lowest BCUT2D eigenvalue weighted by Gasteiger charge is -2.25. The SMILES string of the molecule is COc1cc(C2CNCCO2)c(OC)cc1F. The maximum absolute atomic E-state index is 13.5. The first kappa shape index (κ1) is 12.1. The number of hydrogen-bond acceptors (Lipinski definition) is 4. The minimum atomic E-state index is -0.433. The first-order valence-corrected chi connectivity index (χ1v) is 5.50. The largest absolute Gasteiger partial charge is 0.496 e. The van der Waals surface area contributed by atoms with E-state index in [-0.39, 0.29) is 11.9 Å². The summed E-state index contributed by atoms with van der Waals surface area (Å²) in [6.07, 6.45) is -0.131. The third-order valence-electron chi connectivity index (χ3n) is 2.78. The smallest absolute Gasteiger partial charge is 0.168 e. The standard InChI is InChI=1S/C12H16FNO3/c1-15-10-6-9(13)11(16-2)5-8(10)12-7-14-3-4-17-12/h5-6,12,14H,3-4,7H2,1-2H3. The van der Waals surface area contributed by atoms with Gasteiger partial charge in [-0.3, -0.25) is 0 Å².